The largest absolute Gasteiger partial charge is 0.497 e. The van der Waals surface area contributed by atoms with E-state index in [-0.39, 0.29) is 29.4 Å². The second-order valence-electron chi connectivity index (χ2n) is 6.61. The number of nitrogens with one attached hydrogen (secondary N) is 1. The molecule has 1 amide bonds. The highest BCUT2D eigenvalue weighted by Crippen LogP contribution is 2.38. The zero-order chi connectivity index (χ0) is 22.0. The van der Waals surface area contributed by atoms with Gasteiger partial charge in [-0.15, -0.1) is 11.3 Å². The number of aromatic nitrogens is 2. The summed E-state index contributed by atoms with van der Waals surface area (Å²) >= 11 is 4.62. The van der Waals surface area contributed by atoms with Crippen molar-refractivity contribution in [3.63, 3.8) is 0 Å². The fourth-order valence-corrected chi connectivity index (χ4v) is 6.98. The fourth-order valence-electron chi connectivity index (χ4n) is 3.00. The van der Waals surface area contributed by atoms with Gasteiger partial charge in [-0.25, -0.2) is 18.4 Å². The molecular weight excluding hydrogens is 475 g/mol. The Morgan fingerprint density at radius 2 is 1.74 bits per heavy atom. The van der Waals surface area contributed by atoms with Crippen molar-refractivity contribution in [3.05, 3.63) is 36.4 Å². The van der Waals surface area contributed by atoms with E-state index in [1.807, 2.05) is 18.4 Å². The maximum Gasteiger partial charge on any atom is 0.226 e. The van der Waals surface area contributed by atoms with Gasteiger partial charge in [0.25, 0.3) is 0 Å². The van der Waals surface area contributed by atoms with E-state index in [2.05, 4.69) is 15.3 Å². The minimum Gasteiger partial charge on any atom is -0.497 e. The smallest absolute Gasteiger partial charge is 0.226 e. The van der Waals surface area contributed by atoms with E-state index in [1.54, 1.807) is 35.2 Å². The molecule has 0 atom stereocenters. The molecule has 0 aliphatic heterocycles. The lowest BCUT2D eigenvalue weighted by molar-refractivity contribution is -0.116. The predicted molar refractivity (Wildman–Crippen MR) is 127 cm³/mol. The number of carbonyl (C=O) groups excluding carboxylic acids is 1. The Balaban J connectivity index is 1.38. The van der Waals surface area contributed by atoms with Gasteiger partial charge in [-0.1, -0.05) is 23.1 Å². The molecule has 0 aliphatic rings. The Labute approximate surface area is 191 Å². The topological polar surface area (TPSA) is 98.2 Å². The maximum absolute atomic E-state index is 12.5. The maximum atomic E-state index is 12.5. The molecule has 2 aromatic carbocycles. The Bertz CT molecular complexity index is 1340. The summed E-state index contributed by atoms with van der Waals surface area (Å²) in [5.74, 6) is 0.231. The highest BCUT2D eigenvalue weighted by atomic mass is 32.2. The fraction of sp³-hybridized carbons (Fsp3) is 0.250. The third-order valence-corrected chi connectivity index (χ3v) is 9.57. The summed E-state index contributed by atoms with van der Waals surface area (Å²) in [6, 6.07) is 10.1. The highest BCUT2D eigenvalue weighted by Gasteiger charge is 2.17. The summed E-state index contributed by atoms with van der Waals surface area (Å²) in [6.07, 6.45) is 2.31. The van der Waals surface area contributed by atoms with E-state index < -0.39 is 9.84 Å². The van der Waals surface area contributed by atoms with Crippen molar-refractivity contribution in [1.29, 1.82) is 0 Å². The van der Waals surface area contributed by atoms with Crippen molar-refractivity contribution in [2.75, 3.05) is 24.4 Å². The summed E-state index contributed by atoms with van der Waals surface area (Å²) in [4.78, 5) is 21.6. The first kappa shape index (κ1) is 22.0. The van der Waals surface area contributed by atoms with E-state index >= 15 is 0 Å². The molecule has 31 heavy (non-hydrogen) atoms. The highest BCUT2D eigenvalue weighted by molar-refractivity contribution is 8.00. The molecule has 162 valence electrons. The van der Waals surface area contributed by atoms with Crippen LogP contribution in [0.5, 0.6) is 5.75 Å². The van der Waals surface area contributed by atoms with Gasteiger partial charge in [0.15, 0.2) is 19.3 Å². The first-order chi connectivity index (χ1) is 14.9. The van der Waals surface area contributed by atoms with Gasteiger partial charge >= 0.3 is 0 Å². The lowest BCUT2D eigenvalue weighted by atomic mass is 10.3. The summed E-state index contributed by atoms with van der Waals surface area (Å²) in [5.41, 5.74) is 1.73. The van der Waals surface area contributed by atoms with E-state index in [0.29, 0.717) is 10.9 Å². The van der Waals surface area contributed by atoms with Crippen LogP contribution in [0.1, 0.15) is 12.8 Å². The summed E-state index contributed by atoms with van der Waals surface area (Å²) in [5, 5.41) is 3.30. The predicted octanol–water partition coefficient (Wildman–Crippen LogP) is 4.83. The Kier molecular flexibility index (Phi) is 6.47. The molecule has 0 unspecified atom stereocenters. The van der Waals surface area contributed by atoms with Crippen LogP contribution in [0.15, 0.2) is 45.6 Å². The van der Waals surface area contributed by atoms with Gasteiger partial charge in [0, 0.05) is 6.42 Å². The number of ether oxygens (including phenoxy) is 1. The Hall–Kier alpha value is -2.21. The summed E-state index contributed by atoms with van der Waals surface area (Å²) < 4.78 is 33.0. The van der Waals surface area contributed by atoms with E-state index in [0.717, 1.165) is 24.8 Å². The van der Waals surface area contributed by atoms with Gasteiger partial charge in [-0.05, 0) is 49.1 Å². The number of amides is 1. The zero-order valence-corrected chi connectivity index (χ0v) is 20.0. The number of fused-ring (bicyclic) bond motifs is 3. The molecule has 2 heterocycles. The van der Waals surface area contributed by atoms with Crippen molar-refractivity contribution < 1.29 is 17.9 Å². The SMILES string of the molecule is COc1ccc(S(=O)(=O)CCCC(=O)Nc2nc3ccc4nc(SC)sc4c3s2)cc1. The van der Waals surface area contributed by atoms with Crippen LogP contribution in [0.25, 0.3) is 20.4 Å². The Morgan fingerprint density at radius 3 is 2.42 bits per heavy atom. The van der Waals surface area contributed by atoms with Gasteiger partial charge in [-0.2, -0.15) is 0 Å². The molecule has 7 nitrogen and oxygen atoms in total. The van der Waals surface area contributed by atoms with Crippen LogP contribution in [0, 0.1) is 0 Å². The van der Waals surface area contributed by atoms with E-state index in [4.69, 9.17) is 4.74 Å². The van der Waals surface area contributed by atoms with Crippen LogP contribution in [0.3, 0.4) is 0 Å². The number of sulfone groups is 1. The van der Waals surface area contributed by atoms with Gasteiger partial charge in [-0.3, -0.25) is 4.79 Å². The van der Waals surface area contributed by atoms with Gasteiger partial charge in [0.1, 0.15) is 5.75 Å². The normalized spacial score (nSPS) is 11.8. The average Bonchev–Trinajstić information content (AvgIpc) is 3.36. The Morgan fingerprint density at radius 1 is 1.06 bits per heavy atom. The van der Waals surface area contributed by atoms with Crippen molar-refractivity contribution in [2.24, 2.45) is 0 Å². The number of methoxy groups -OCH3 is 1. The minimum absolute atomic E-state index is 0.0951. The van der Waals surface area contributed by atoms with Crippen molar-refractivity contribution >= 4 is 75.7 Å². The monoisotopic (exact) mass is 493 g/mol. The third-order valence-electron chi connectivity index (χ3n) is 4.55. The van der Waals surface area contributed by atoms with Crippen LogP contribution >= 0.6 is 34.4 Å². The molecule has 0 saturated carbocycles. The van der Waals surface area contributed by atoms with Crippen LogP contribution in [0.4, 0.5) is 5.13 Å². The van der Waals surface area contributed by atoms with Gasteiger partial charge in [0.05, 0.1) is 38.2 Å². The number of rotatable bonds is 8. The number of hydrogen-bond acceptors (Lipinski definition) is 9. The van der Waals surface area contributed by atoms with Crippen molar-refractivity contribution in [1.82, 2.24) is 9.97 Å². The zero-order valence-electron chi connectivity index (χ0n) is 16.7. The number of hydrogen-bond donors (Lipinski definition) is 1. The molecular formula is C20H19N3O4S4. The molecule has 4 rings (SSSR count). The number of carbonyl (C=O) groups is 1. The molecule has 2 aromatic heterocycles. The molecule has 4 aromatic rings. The van der Waals surface area contributed by atoms with E-state index in [1.165, 1.54) is 30.6 Å². The summed E-state index contributed by atoms with van der Waals surface area (Å²) in [7, 11) is -1.93. The first-order valence-corrected chi connectivity index (χ1v) is 13.8. The lowest BCUT2D eigenvalue weighted by Crippen LogP contribution is -2.14. The van der Waals surface area contributed by atoms with Crippen LogP contribution < -0.4 is 10.1 Å². The molecule has 0 spiro atoms. The number of thiazole rings is 2. The number of thioether (sulfide) groups is 1. The van der Waals surface area contributed by atoms with Crippen molar-refractivity contribution in [2.45, 2.75) is 22.1 Å². The molecule has 0 aliphatic carbocycles. The van der Waals surface area contributed by atoms with Crippen molar-refractivity contribution in [3.8, 4) is 5.75 Å². The van der Waals surface area contributed by atoms with Crippen LogP contribution in [-0.4, -0.2) is 43.4 Å². The molecule has 0 saturated heterocycles. The second kappa shape index (κ2) is 9.11. The van der Waals surface area contributed by atoms with Gasteiger partial charge < -0.3 is 10.1 Å². The van der Waals surface area contributed by atoms with Crippen LogP contribution in [-0.2, 0) is 14.6 Å². The minimum atomic E-state index is -3.45. The van der Waals surface area contributed by atoms with E-state index in [9.17, 15) is 13.2 Å². The molecule has 0 radical (unpaired) electrons. The average molecular weight is 494 g/mol. The lowest BCUT2D eigenvalue weighted by Gasteiger charge is -2.06. The second-order valence-corrected chi connectivity index (χ2v) is 11.8. The molecule has 11 heteroatoms. The number of nitrogens with zero attached hydrogens (tertiary/aromatic N) is 2. The van der Waals surface area contributed by atoms with Gasteiger partial charge in [0.2, 0.25) is 5.91 Å². The molecule has 0 bridgehead atoms. The number of benzene rings is 2. The molecule has 0 fully saturated rings. The summed E-state index contributed by atoms with van der Waals surface area (Å²) in [6.45, 7) is 0. The standard InChI is InChI=1S/C20H19N3O4S4/c1-27-12-5-7-13(8-6-12)31(25,26)11-3-4-16(24)23-19-21-14-9-10-15-18(17(14)29-19)30-20(22-15)28-2/h5-10H,3-4,11H2,1-2H3,(H,21,23,24). The first-order valence-electron chi connectivity index (χ1n) is 9.30. The molecule has 1 N–H and O–H groups in total. The van der Waals surface area contributed by atoms with Crippen LogP contribution in [0.2, 0.25) is 0 Å². The third kappa shape index (κ3) is 4.84. The number of anilines is 1. The quantitative estimate of drug-likeness (QED) is 0.351.